The molecule has 0 aromatic heterocycles. The van der Waals surface area contributed by atoms with Crippen molar-refractivity contribution >= 4 is 17.1 Å². The number of nitrogens with zero attached hydrogens (tertiary/aromatic N) is 1. The second kappa shape index (κ2) is 17.1. The van der Waals surface area contributed by atoms with Gasteiger partial charge in [-0.2, -0.15) is 0 Å². The van der Waals surface area contributed by atoms with Gasteiger partial charge in [0, 0.05) is 16.9 Å². The summed E-state index contributed by atoms with van der Waals surface area (Å²) in [5.41, 5.74) is 19.9. The fraction of sp³-hybridized carbons (Fsp3) is 0. The Morgan fingerprint density at radius 1 is 0.180 bits per heavy atom. The van der Waals surface area contributed by atoms with Gasteiger partial charge in [-0.1, -0.05) is 231 Å². The molecule has 10 aromatic rings. The van der Waals surface area contributed by atoms with Crippen molar-refractivity contribution in [3.63, 3.8) is 0 Å². The third-order valence-electron chi connectivity index (χ3n) is 11.5. The minimum atomic E-state index is 1.08. The Kier molecular flexibility index (Phi) is 10.4. The molecule has 0 radical (unpaired) electrons. The second-order valence-corrected chi connectivity index (χ2v) is 15.3. The Morgan fingerprint density at radius 3 is 0.967 bits per heavy atom. The molecule has 0 N–H and O–H groups in total. The molecular formula is C60H43N. The first-order chi connectivity index (χ1) is 30.3. The zero-order chi connectivity index (χ0) is 40.8. The van der Waals surface area contributed by atoms with Crippen LogP contribution in [-0.4, -0.2) is 0 Å². The predicted octanol–water partition coefficient (Wildman–Crippen LogP) is 16.8. The van der Waals surface area contributed by atoms with E-state index in [-0.39, 0.29) is 0 Å². The fourth-order valence-corrected chi connectivity index (χ4v) is 8.54. The molecule has 0 unspecified atom stereocenters. The van der Waals surface area contributed by atoms with Crippen molar-refractivity contribution in [1.29, 1.82) is 0 Å². The lowest BCUT2D eigenvalue weighted by Gasteiger charge is -2.29. The van der Waals surface area contributed by atoms with Gasteiger partial charge in [-0.25, -0.2) is 0 Å². The first-order valence-corrected chi connectivity index (χ1v) is 20.9. The highest BCUT2D eigenvalue weighted by Gasteiger charge is 2.23. The standard InChI is InChI=1S/C60H43N/c1-5-18-44(19-6-1)46-32-34-47(35-33-46)49-38-42-53(43-39-49)61(52-40-36-48(37-41-52)45-20-7-2-8-21-45)59-31-16-15-27-56(59)58-30-17-29-55(51-24-11-4-12-25-51)60(58)57-28-14-13-26-54(57)50-22-9-3-10-23-50/h1-43H. The summed E-state index contributed by atoms with van der Waals surface area (Å²) in [5, 5.41) is 0. The third kappa shape index (κ3) is 7.69. The number of rotatable bonds is 10. The van der Waals surface area contributed by atoms with Gasteiger partial charge in [-0.15, -0.1) is 0 Å². The van der Waals surface area contributed by atoms with Crippen molar-refractivity contribution in [3.05, 3.63) is 261 Å². The second-order valence-electron chi connectivity index (χ2n) is 15.3. The van der Waals surface area contributed by atoms with Gasteiger partial charge in [0.25, 0.3) is 0 Å². The first kappa shape index (κ1) is 37.3. The van der Waals surface area contributed by atoms with Crippen molar-refractivity contribution in [3.8, 4) is 77.9 Å². The molecule has 0 saturated carbocycles. The fourth-order valence-electron chi connectivity index (χ4n) is 8.54. The van der Waals surface area contributed by atoms with E-state index in [1.54, 1.807) is 0 Å². The molecule has 0 fully saturated rings. The molecule has 0 heterocycles. The average Bonchev–Trinajstić information content (AvgIpc) is 3.35. The topological polar surface area (TPSA) is 3.24 Å². The minimum Gasteiger partial charge on any atom is -0.310 e. The quantitative estimate of drug-likeness (QED) is 0.134. The van der Waals surface area contributed by atoms with Crippen molar-refractivity contribution in [2.45, 2.75) is 0 Å². The van der Waals surface area contributed by atoms with Crippen LogP contribution in [0, 0.1) is 0 Å². The van der Waals surface area contributed by atoms with Gasteiger partial charge < -0.3 is 4.90 Å². The summed E-state index contributed by atoms with van der Waals surface area (Å²) >= 11 is 0. The smallest absolute Gasteiger partial charge is 0.0540 e. The van der Waals surface area contributed by atoms with Crippen LogP contribution in [-0.2, 0) is 0 Å². The maximum absolute atomic E-state index is 2.41. The number of anilines is 3. The predicted molar refractivity (Wildman–Crippen MR) is 259 cm³/mol. The molecule has 1 nitrogen and oxygen atoms in total. The highest BCUT2D eigenvalue weighted by Crippen LogP contribution is 2.48. The molecule has 0 aliphatic heterocycles. The van der Waals surface area contributed by atoms with Crippen molar-refractivity contribution < 1.29 is 0 Å². The Morgan fingerprint density at radius 2 is 0.492 bits per heavy atom. The zero-order valence-corrected chi connectivity index (χ0v) is 33.8. The Bertz CT molecular complexity index is 3010. The van der Waals surface area contributed by atoms with Crippen LogP contribution in [0.25, 0.3) is 77.9 Å². The molecule has 288 valence electrons. The molecule has 61 heavy (non-hydrogen) atoms. The maximum Gasteiger partial charge on any atom is 0.0540 e. The zero-order valence-electron chi connectivity index (χ0n) is 33.8. The van der Waals surface area contributed by atoms with E-state index in [9.17, 15) is 0 Å². The summed E-state index contributed by atoms with van der Waals surface area (Å²) in [6.45, 7) is 0. The van der Waals surface area contributed by atoms with Crippen molar-refractivity contribution in [1.82, 2.24) is 0 Å². The molecule has 1 heteroatoms. The van der Waals surface area contributed by atoms with Gasteiger partial charge >= 0.3 is 0 Å². The highest BCUT2D eigenvalue weighted by atomic mass is 15.1. The van der Waals surface area contributed by atoms with E-state index >= 15 is 0 Å². The molecule has 10 aromatic carbocycles. The Hall–Kier alpha value is -8.00. The lowest BCUT2D eigenvalue weighted by molar-refractivity contribution is 1.28. The van der Waals surface area contributed by atoms with Crippen LogP contribution in [0.1, 0.15) is 0 Å². The first-order valence-electron chi connectivity index (χ1n) is 20.9. The normalized spacial score (nSPS) is 11.0. The lowest BCUT2D eigenvalue weighted by atomic mass is 9.84. The van der Waals surface area contributed by atoms with Crippen molar-refractivity contribution in [2.75, 3.05) is 4.90 Å². The Balaban J connectivity index is 1.14. The number of hydrogen-bond acceptors (Lipinski definition) is 1. The SMILES string of the molecule is c1ccc(-c2ccc(-c3ccc(N(c4ccc(-c5ccccc5)cc4)c4ccccc4-c4cccc(-c5ccccc5)c4-c4ccccc4-c4ccccc4)cc3)cc2)cc1. The van der Waals surface area contributed by atoms with Gasteiger partial charge in [0.2, 0.25) is 0 Å². The van der Waals surface area contributed by atoms with Crippen molar-refractivity contribution in [2.24, 2.45) is 0 Å². The van der Waals surface area contributed by atoms with E-state index in [1.165, 1.54) is 72.3 Å². The number of benzene rings is 10. The van der Waals surface area contributed by atoms with Gasteiger partial charge in [0.05, 0.1) is 5.69 Å². The summed E-state index contributed by atoms with van der Waals surface area (Å²) < 4.78 is 0. The van der Waals surface area contributed by atoms with Gasteiger partial charge in [0.15, 0.2) is 0 Å². The van der Waals surface area contributed by atoms with Crippen LogP contribution in [0.2, 0.25) is 0 Å². The number of hydrogen-bond donors (Lipinski definition) is 0. The molecule has 0 aliphatic rings. The molecule has 0 bridgehead atoms. The lowest BCUT2D eigenvalue weighted by Crippen LogP contribution is -2.11. The summed E-state index contributed by atoms with van der Waals surface area (Å²) in [4.78, 5) is 2.41. The van der Waals surface area contributed by atoms with E-state index < -0.39 is 0 Å². The van der Waals surface area contributed by atoms with Gasteiger partial charge in [-0.05, 0) is 103 Å². The van der Waals surface area contributed by atoms with Crippen LogP contribution in [0.4, 0.5) is 17.1 Å². The molecule has 0 atom stereocenters. The highest BCUT2D eigenvalue weighted by molar-refractivity contribution is 6.02. The molecule has 10 rings (SSSR count). The third-order valence-corrected chi connectivity index (χ3v) is 11.5. The van der Waals surface area contributed by atoms with Gasteiger partial charge in [0.1, 0.15) is 0 Å². The monoisotopic (exact) mass is 777 g/mol. The van der Waals surface area contributed by atoms with Gasteiger partial charge in [-0.3, -0.25) is 0 Å². The van der Waals surface area contributed by atoms with Crippen LogP contribution >= 0.6 is 0 Å². The minimum absolute atomic E-state index is 1.08. The average molecular weight is 778 g/mol. The largest absolute Gasteiger partial charge is 0.310 e. The van der Waals surface area contributed by atoms with Crippen LogP contribution < -0.4 is 4.90 Å². The van der Waals surface area contributed by atoms with E-state index in [1.807, 2.05) is 0 Å². The molecule has 0 spiro atoms. The van der Waals surface area contributed by atoms with E-state index in [0.717, 1.165) is 22.6 Å². The summed E-state index contributed by atoms with van der Waals surface area (Å²) in [6, 6.07) is 94.0. The Labute approximate surface area is 359 Å². The molecule has 0 aliphatic carbocycles. The molecule has 0 amide bonds. The van der Waals surface area contributed by atoms with Crippen LogP contribution in [0.5, 0.6) is 0 Å². The molecule has 0 saturated heterocycles. The number of para-hydroxylation sites is 1. The van der Waals surface area contributed by atoms with Crippen LogP contribution in [0.3, 0.4) is 0 Å². The summed E-state index contributed by atoms with van der Waals surface area (Å²) in [7, 11) is 0. The van der Waals surface area contributed by atoms with E-state index in [2.05, 4.69) is 266 Å². The molecular weight excluding hydrogens is 735 g/mol. The van der Waals surface area contributed by atoms with E-state index in [4.69, 9.17) is 0 Å². The van der Waals surface area contributed by atoms with E-state index in [0.29, 0.717) is 0 Å². The maximum atomic E-state index is 2.41. The summed E-state index contributed by atoms with van der Waals surface area (Å²) in [6.07, 6.45) is 0. The van der Waals surface area contributed by atoms with Crippen LogP contribution in [0.15, 0.2) is 261 Å². The summed E-state index contributed by atoms with van der Waals surface area (Å²) in [5.74, 6) is 0.